The van der Waals surface area contributed by atoms with Crippen LogP contribution in [0.25, 0.3) is 11.1 Å². The minimum Gasteiger partial charge on any atom is -0.387 e. The van der Waals surface area contributed by atoms with Crippen molar-refractivity contribution in [1.29, 1.82) is 0 Å². The Morgan fingerprint density at radius 2 is 1.88 bits per heavy atom. The predicted octanol–water partition coefficient (Wildman–Crippen LogP) is -0.756. The van der Waals surface area contributed by atoms with E-state index in [0.717, 1.165) is 32.5 Å². The molecule has 0 saturated carbocycles. The highest BCUT2D eigenvalue weighted by atomic mass is 31.2. The Bertz CT molecular complexity index is 1320. The Hall–Kier alpha value is -3.03. The van der Waals surface area contributed by atoms with Crippen molar-refractivity contribution < 1.29 is 33.8 Å². The maximum absolute atomic E-state index is 13.1. The summed E-state index contributed by atoms with van der Waals surface area (Å²) in [7, 11) is -4.84. The molecule has 180 valence electrons. The summed E-state index contributed by atoms with van der Waals surface area (Å²) in [4.78, 5) is 51.5. The summed E-state index contributed by atoms with van der Waals surface area (Å²) in [5, 5.41) is 20.5. The summed E-state index contributed by atoms with van der Waals surface area (Å²) >= 11 is 0. The largest absolute Gasteiger partial charge is 0.469 e. The Balaban J connectivity index is 1.60. The number of aliphatic hydroxyl groups excluding tert-OH is 2. The summed E-state index contributed by atoms with van der Waals surface area (Å²) in [6, 6.07) is 8.19. The van der Waals surface area contributed by atoms with Gasteiger partial charge in [-0.25, -0.2) is 9.36 Å². The lowest BCUT2D eigenvalue weighted by Crippen LogP contribution is -2.43. The van der Waals surface area contributed by atoms with E-state index in [1.54, 1.807) is 30.6 Å². The second-order valence-corrected chi connectivity index (χ2v) is 8.78. The molecular formula is C20H21N4O9P. The topological polar surface area (TPSA) is 186 Å². The van der Waals surface area contributed by atoms with Crippen molar-refractivity contribution in [3.05, 3.63) is 81.7 Å². The molecule has 3 aromatic heterocycles. The number of ether oxygens (including phenoxy) is 1. The van der Waals surface area contributed by atoms with Crippen LogP contribution in [0.15, 0.2) is 64.7 Å². The molecule has 1 aliphatic rings. The van der Waals surface area contributed by atoms with Gasteiger partial charge in [-0.05, 0) is 23.8 Å². The van der Waals surface area contributed by atoms with Crippen LogP contribution in [-0.2, 0) is 20.4 Å². The van der Waals surface area contributed by atoms with Gasteiger partial charge in [0.15, 0.2) is 6.23 Å². The summed E-state index contributed by atoms with van der Waals surface area (Å²) in [6.07, 6.45) is -0.0207. The first-order chi connectivity index (χ1) is 16.1. The number of nitrogens with zero attached hydrogens (tertiary/aromatic N) is 4. The third-order valence-corrected chi connectivity index (χ3v) is 5.73. The second-order valence-electron chi connectivity index (χ2n) is 7.54. The zero-order valence-corrected chi connectivity index (χ0v) is 18.4. The average Bonchev–Trinajstić information content (AvgIpc) is 3.09. The van der Waals surface area contributed by atoms with Crippen molar-refractivity contribution >= 4 is 7.82 Å². The van der Waals surface area contributed by atoms with Gasteiger partial charge in [-0.1, -0.05) is 6.07 Å². The Labute approximate surface area is 191 Å². The number of aromatic nitrogens is 4. The van der Waals surface area contributed by atoms with Crippen LogP contribution in [0, 0.1) is 0 Å². The third-order valence-electron chi connectivity index (χ3n) is 5.25. The van der Waals surface area contributed by atoms with Gasteiger partial charge in [-0.15, -0.1) is 0 Å². The van der Waals surface area contributed by atoms with E-state index in [1.165, 1.54) is 6.20 Å². The minimum atomic E-state index is -4.84. The van der Waals surface area contributed by atoms with E-state index in [2.05, 4.69) is 14.5 Å². The van der Waals surface area contributed by atoms with E-state index in [-0.39, 0.29) is 6.54 Å². The number of pyridine rings is 2. The monoisotopic (exact) mass is 492 g/mol. The van der Waals surface area contributed by atoms with Crippen LogP contribution < -0.4 is 11.2 Å². The summed E-state index contributed by atoms with van der Waals surface area (Å²) in [5.41, 5.74) is 0.564. The highest BCUT2D eigenvalue weighted by Crippen LogP contribution is 2.38. The Morgan fingerprint density at radius 1 is 1.09 bits per heavy atom. The lowest BCUT2D eigenvalue weighted by molar-refractivity contribution is -0.0548. The molecule has 0 aliphatic carbocycles. The highest BCUT2D eigenvalue weighted by molar-refractivity contribution is 7.46. The number of hydrogen-bond donors (Lipinski definition) is 4. The van der Waals surface area contributed by atoms with E-state index in [1.807, 2.05) is 6.07 Å². The SMILES string of the molecule is O=c1ccn([C@@H]2O[C@H](COP(=O)(O)O)C(O)C2O)c(=O)n1Cc1cc(-c2cccnc2)ccn1. The smallest absolute Gasteiger partial charge is 0.387 e. The predicted molar refractivity (Wildman–Crippen MR) is 115 cm³/mol. The molecule has 4 heterocycles. The van der Waals surface area contributed by atoms with Crippen LogP contribution in [0.5, 0.6) is 0 Å². The van der Waals surface area contributed by atoms with Crippen molar-refractivity contribution in [2.24, 2.45) is 0 Å². The molecule has 1 aliphatic heterocycles. The Morgan fingerprint density at radius 3 is 2.59 bits per heavy atom. The van der Waals surface area contributed by atoms with E-state index < -0.39 is 50.2 Å². The van der Waals surface area contributed by atoms with Crippen molar-refractivity contribution in [1.82, 2.24) is 19.1 Å². The first kappa shape index (κ1) is 24.1. The minimum absolute atomic E-state index is 0.178. The molecule has 34 heavy (non-hydrogen) atoms. The van der Waals surface area contributed by atoms with E-state index in [0.29, 0.717) is 5.69 Å². The van der Waals surface area contributed by atoms with E-state index in [4.69, 9.17) is 14.5 Å². The maximum atomic E-state index is 13.1. The van der Waals surface area contributed by atoms with Gasteiger partial charge in [0, 0.05) is 36.4 Å². The molecule has 1 fully saturated rings. The van der Waals surface area contributed by atoms with Crippen LogP contribution in [0.3, 0.4) is 0 Å². The van der Waals surface area contributed by atoms with Crippen molar-refractivity contribution in [2.45, 2.75) is 31.1 Å². The van der Waals surface area contributed by atoms with Crippen molar-refractivity contribution in [2.75, 3.05) is 6.61 Å². The summed E-state index contributed by atoms with van der Waals surface area (Å²) < 4.78 is 22.5. The highest BCUT2D eigenvalue weighted by Gasteiger charge is 2.45. The normalized spacial score (nSPS) is 22.7. The van der Waals surface area contributed by atoms with Crippen molar-refractivity contribution in [3.8, 4) is 11.1 Å². The molecule has 2 unspecified atom stereocenters. The fourth-order valence-electron chi connectivity index (χ4n) is 3.58. The van der Waals surface area contributed by atoms with E-state index >= 15 is 0 Å². The molecule has 0 aromatic carbocycles. The molecule has 4 N–H and O–H groups in total. The molecule has 3 aromatic rings. The first-order valence-electron chi connectivity index (χ1n) is 10.0. The standard InChI is InChI=1S/C20H21N4O9P/c25-16-4-7-23(19-18(27)17(26)15(33-19)11-32-34(29,30)31)20(28)24(16)10-14-8-12(3-6-22-14)13-2-1-5-21-9-13/h1-9,15,17-19,26-27H,10-11H2,(H2,29,30,31)/t15-,17?,18?,19-/m1/s1. The van der Waals surface area contributed by atoms with Crippen LogP contribution in [0.1, 0.15) is 11.9 Å². The molecular weight excluding hydrogens is 471 g/mol. The number of phosphoric acid groups is 1. The molecule has 13 nitrogen and oxygen atoms in total. The van der Waals surface area contributed by atoms with Gasteiger partial charge in [0.1, 0.15) is 18.3 Å². The Kier molecular flexibility index (Phi) is 6.86. The molecule has 0 radical (unpaired) electrons. The van der Waals surface area contributed by atoms with Crippen LogP contribution in [0.4, 0.5) is 0 Å². The molecule has 4 atom stereocenters. The molecule has 4 rings (SSSR count). The molecule has 0 bridgehead atoms. The third kappa shape index (κ3) is 5.21. The van der Waals surface area contributed by atoms with Crippen molar-refractivity contribution in [3.63, 3.8) is 0 Å². The summed E-state index contributed by atoms with van der Waals surface area (Å²) in [5.74, 6) is 0. The van der Waals surface area contributed by atoms with Crippen LogP contribution in [0.2, 0.25) is 0 Å². The quantitative estimate of drug-likeness (QED) is 0.304. The number of aliphatic hydroxyl groups is 2. The van der Waals surface area contributed by atoms with Gasteiger partial charge in [0.25, 0.3) is 5.56 Å². The van der Waals surface area contributed by atoms with Gasteiger partial charge in [-0.2, -0.15) is 0 Å². The van der Waals surface area contributed by atoms with Gasteiger partial charge >= 0.3 is 13.5 Å². The fraction of sp³-hybridized carbons (Fsp3) is 0.300. The van der Waals surface area contributed by atoms with Gasteiger partial charge in [0.05, 0.1) is 18.8 Å². The van der Waals surface area contributed by atoms with Gasteiger partial charge in [-0.3, -0.25) is 28.4 Å². The number of phosphoric ester groups is 1. The lowest BCUT2D eigenvalue weighted by Gasteiger charge is -2.18. The van der Waals surface area contributed by atoms with Gasteiger partial charge in [0.2, 0.25) is 0 Å². The van der Waals surface area contributed by atoms with Crippen LogP contribution in [-0.4, -0.2) is 64.0 Å². The average molecular weight is 492 g/mol. The van der Waals surface area contributed by atoms with Gasteiger partial charge < -0.3 is 24.7 Å². The summed E-state index contributed by atoms with van der Waals surface area (Å²) in [6.45, 7) is -0.902. The van der Waals surface area contributed by atoms with E-state index in [9.17, 15) is 24.4 Å². The first-order valence-corrected chi connectivity index (χ1v) is 11.6. The fourth-order valence-corrected chi connectivity index (χ4v) is 3.92. The number of hydrogen-bond acceptors (Lipinski definition) is 9. The maximum Gasteiger partial charge on any atom is 0.469 e. The molecule has 14 heteroatoms. The zero-order valence-electron chi connectivity index (χ0n) is 17.5. The molecule has 0 amide bonds. The van der Waals surface area contributed by atoms with Crippen LogP contribution >= 0.6 is 7.82 Å². The lowest BCUT2D eigenvalue weighted by atomic mass is 10.1. The second kappa shape index (κ2) is 9.68. The molecule has 0 spiro atoms. The zero-order chi connectivity index (χ0) is 24.5. The number of rotatable bonds is 7. The molecule has 1 saturated heterocycles.